The van der Waals surface area contributed by atoms with Gasteiger partial charge in [-0.25, -0.2) is 9.59 Å². The van der Waals surface area contributed by atoms with Crippen molar-refractivity contribution in [3.05, 3.63) is 29.3 Å². The summed E-state index contributed by atoms with van der Waals surface area (Å²) >= 11 is 0. The van der Waals surface area contributed by atoms with Crippen molar-refractivity contribution in [3.8, 4) is 0 Å². The van der Waals surface area contributed by atoms with Crippen LogP contribution in [0.2, 0.25) is 0 Å². The number of carbonyl (C=O) groups is 3. The van der Waals surface area contributed by atoms with Gasteiger partial charge in [0.2, 0.25) is 5.91 Å². The largest absolute Gasteiger partial charge is 0.478 e. The van der Waals surface area contributed by atoms with Gasteiger partial charge in [-0.3, -0.25) is 4.79 Å². The molecular formula is C10H9NO5. The van der Waals surface area contributed by atoms with Gasteiger partial charge >= 0.3 is 11.9 Å². The predicted octanol–water partition coefficient (Wildman–Crippen LogP) is 1.04. The number of carbonyl (C=O) groups excluding carboxylic acids is 1. The summed E-state index contributed by atoms with van der Waals surface area (Å²) in [5, 5.41) is 19.8. The average molecular weight is 223 g/mol. The quantitative estimate of drug-likeness (QED) is 0.710. The Kier molecular flexibility index (Phi) is 3.24. The van der Waals surface area contributed by atoms with Gasteiger partial charge in [0.1, 0.15) is 0 Å². The van der Waals surface area contributed by atoms with Crippen molar-refractivity contribution in [3.63, 3.8) is 0 Å². The van der Waals surface area contributed by atoms with Crippen LogP contribution in [0.5, 0.6) is 0 Å². The van der Waals surface area contributed by atoms with E-state index in [0.29, 0.717) is 0 Å². The van der Waals surface area contributed by atoms with Crippen LogP contribution in [0, 0.1) is 0 Å². The Hall–Kier alpha value is -2.37. The summed E-state index contributed by atoms with van der Waals surface area (Å²) in [7, 11) is 0. The molecule has 84 valence electrons. The second-order valence-electron chi connectivity index (χ2n) is 3.05. The molecule has 1 aromatic rings. The topological polar surface area (TPSA) is 104 Å². The molecule has 0 saturated heterocycles. The van der Waals surface area contributed by atoms with Crippen LogP contribution in [-0.2, 0) is 4.79 Å². The number of benzene rings is 1. The standard InChI is InChI=1S/C10H9NO5/c1-5(12)11-8-4-6(9(13)14)2-3-7(8)10(15)16/h2-4H,1H3,(H,11,12)(H,13,14)(H,15,16). The highest BCUT2D eigenvalue weighted by atomic mass is 16.4. The van der Waals surface area contributed by atoms with Crippen molar-refractivity contribution in [2.75, 3.05) is 5.32 Å². The van der Waals surface area contributed by atoms with Crippen LogP contribution in [-0.4, -0.2) is 28.1 Å². The van der Waals surface area contributed by atoms with Gasteiger partial charge in [-0.15, -0.1) is 0 Å². The highest BCUT2D eigenvalue weighted by Gasteiger charge is 2.13. The van der Waals surface area contributed by atoms with Crippen molar-refractivity contribution >= 4 is 23.5 Å². The van der Waals surface area contributed by atoms with Crippen LogP contribution in [0.25, 0.3) is 0 Å². The molecule has 0 bridgehead atoms. The molecule has 0 fully saturated rings. The van der Waals surface area contributed by atoms with Gasteiger partial charge in [-0.1, -0.05) is 0 Å². The number of nitrogens with one attached hydrogen (secondary N) is 1. The Morgan fingerprint density at radius 1 is 1.12 bits per heavy atom. The van der Waals surface area contributed by atoms with E-state index >= 15 is 0 Å². The number of aromatic carboxylic acids is 2. The number of carboxylic acids is 2. The zero-order valence-electron chi connectivity index (χ0n) is 8.35. The summed E-state index contributed by atoms with van der Waals surface area (Å²) in [5.41, 5.74) is -0.270. The zero-order valence-corrected chi connectivity index (χ0v) is 8.35. The third-order valence-corrected chi connectivity index (χ3v) is 1.81. The Morgan fingerprint density at radius 3 is 2.19 bits per heavy atom. The minimum Gasteiger partial charge on any atom is -0.478 e. The van der Waals surface area contributed by atoms with E-state index in [2.05, 4.69) is 5.32 Å². The molecule has 0 heterocycles. The predicted molar refractivity (Wildman–Crippen MR) is 54.7 cm³/mol. The molecule has 0 aliphatic carbocycles. The zero-order chi connectivity index (χ0) is 12.3. The van der Waals surface area contributed by atoms with Crippen LogP contribution in [0.4, 0.5) is 5.69 Å². The maximum Gasteiger partial charge on any atom is 0.337 e. The molecule has 0 aliphatic rings. The van der Waals surface area contributed by atoms with Crippen LogP contribution in [0.15, 0.2) is 18.2 Å². The second-order valence-corrected chi connectivity index (χ2v) is 3.05. The lowest BCUT2D eigenvalue weighted by atomic mass is 10.1. The summed E-state index contributed by atoms with van der Waals surface area (Å²) in [5.74, 6) is -2.89. The molecule has 0 aliphatic heterocycles. The SMILES string of the molecule is CC(=O)Nc1cc(C(=O)O)ccc1C(=O)O. The monoisotopic (exact) mass is 223 g/mol. The van der Waals surface area contributed by atoms with E-state index in [-0.39, 0.29) is 16.8 Å². The summed E-state index contributed by atoms with van der Waals surface area (Å²) in [6, 6.07) is 3.40. The van der Waals surface area contributed by atoms with Crippen molar-refractivity contribution in [1.82, 2.24) is 0 Å². The Bertz CT molecular complexity index is 466. The summed E-state index contributed by atoms with van der Waals surface area (Å²) in [6.07, 6.45) is 0. The van der Waals surface area contributed by atoms with E-state index < -0.39 is 17.8 Å². The molecule has 1 aromatic carbocycles. The van der Waals surface area contributed by atoms with Crippen molar-refractivity contribution < 1.29 is 24.6 Å². The smallest absolute Gasteiger partial charge is 0.337 e. The molecule has 0 saturated carbocycles. The maximum atomic E-state index is 10.8. The molecule has 0 aromatic heterocycles. The van der Waals surface area contributed by atoms with Crippen molar-refractivity contribution in [2.45, 2.75) is 6.92 Å². The maximum absolute atomic E-state index is 10.8. The fourth-order valence-electron chi connectivity index (χ4n) is 1.16. The minimum atomic E-state index is -1.24. The molecule has 1 amide bonds. The Balaban J connectivity index is 3.26. The molecule has 0 spiro atoms. The van der Waals surface area contributed by atoms with Gasteiger partial charge in [0.15, 0.2) is 0 Å². The first-order valence-electron chi connectivity index (χ1n) is 4.30. The van der Waals surface area contributed by atoms with Gasteiger partial charge in [0, 0.05) is 6.92 Å². The van der Waals surface area contributed by atoms with Crippen LogP contribution < -0.4 is 5.32 Å². The lowest BCUT2D eigenvalue weighted by molar-refractivity contribution is -0.114. The van der Waals surface area contributed by atoms with E-state index in [1.165, 1.54) is 6.92 Å². The molecular weight excluding hydrogens is 214 g/mol. The molecule has 16 heavy (non-hydrogen) atoms. The fraction of sp³-hybridized carbons (Fsp3) is 0.100. The highest BCUT2D eigenvalue weighted by molar-refractivity contribution is 6.02. The average Bonchev–Trinajstić information content (AvgIpc) is 2.15. The molecule has 0 radical (unpaired) electrons. The first kappa shape index (κ1) is 11.7. The fourth-order valence-corrected chi connectivity index (χ4v) is 1.16. The molecule has 6 heteroatoms. The normalized spacial score (nSPS) is 9.56. The summed E-state index contributed by atoms with van der Waals surface area (Å²) in [4.78, 5) is 32.3. The van der Waals surface area contributed by atoms with Crippen molar-refractivity contribution in [2.24, 2.45) is 0 Å². The van der Waals surface area contributed by atoms with E-state index in [1.54, 1.807) is 0 Å². The molecule has 0 atom stereocenters. The Morgan fingerprint density at radius 2 is 1.75 bits per heavy atom. The highest BCUT2D eigenvalue weighted by Crippen LogP contribution is 2.18. The lowest BCUT2D eigenvalue weighted by Gasteiger charge is -2.07. The minimum absolute atomic E-state index is 0.0279. The van der Waals surface area contributed by atoms with E-state index in [0.717, 1.165) is 18.2 Å². The third-order valence-electron chi connectivity index (χ3n) is 1.81. The lowest BCUT2D eigenvalue weighted by Crippen LogP contribution is -2.12. The second kappa shape index (κ2) is 4.43. The first-order valence-corrected chi connectivity index (χ1v) is 4.30. The van der Waals surface area contributed by atoms with Gasteiger partial charge in [0.25, 0.3) is 0 Å². The van der Waals surface area contributed by atoms with Crippen LogP contribution in [0.1, 0.15) is 27.6 Å². The number of hydrogen-bond donors (Lipinski definition) is 3. The van der Waals surface area contributed by atoms with Crippen LogP contribution >= 0.6 is 0 Å². The molecule has 6 nitrogen and oxygen atoms in total. The molecule has 1 rings (SSSR count). The number of rotatable bonds is 3. The third kappa shape index (κ3) is 2.57. The Labute approximate surface area is 90.5 Å². The van der Waals surface area contributed by atoms with Crippen molar-refractivity contribution in [1.29, 1.82) is 0 Å². The number of anilines is 1. The van der Waals surface area contributed by atoms with Gasteiger partial charge in [-0.05, 0) is 18.2 Å². The van der Waals surface area contributed by atoms with Gasteiger partial charge < -0.3 is 15.5 Å². The molecule has 3 N–H and O–H groups in total. The van der Waals surface area contributed by atoms with E-state index in [1.807, 2.05) is 0 Å². The van der Waals surface area contributed by atoms with Gasteiger partial charge in [0.05, 0.1) is 16.8 Å². The number of carboxylic acid groups (broad SMARTS) is 2. The van der Waals surface area contributed by atoms with Gasteiger partial charge in [-0.2, -0.15) is 0 Å². The number of hydrogen-bond acceptors (Lipinski definition) is 3. The first-order chi connectivity index (χ1) is 7.41. The summed E-state index contributed by atoms with van der Waals surface area (Å²) < 4.78 is 0. The number of amides is 1. The van der Waals surface area contributed by atoms with Crippen LogP contribution in [0.3, 0.4) is 0 Å². The van der Waals surface area contributed by atoms with E-state index in [4.69, 9.17) is 10.2 Å². The molecule has 0 unspecified atom stereocenters. The van der Waals surface area contributed by atoms with E-state index in [9.17, 15) is 14.4 Å². The summed E-state index contributed by atoms with van der Waals surface area (Å²) in [6.45, 7) is 1.21.